The van der Waals surface area contributed by atoms with Crippen LogP contribution in [0.25, 0.3) is 10.2 Å². The van der Waals surface area contributed by atoms with Crippen LogP contribution < -0.4 is 10.6 Å². The maximum atomic E-state index is 13.1. The van der Waals surface area contributed by atoms with Gasteiger partial charge in [0, 0.05) is 24.9 Å². The number of amides is 2. The van der Waals surface area contributed by atoms with Crippen LogP contribution in [-0.4, -0.2) is 29.9 Å². The normalized spacial score (nSPS) is 27.5. The van der Waals surface area contributed by atoms with Gasteiger partial charge >= 0.3 is 0 Å². The van der Waals surface area contributed by atoms with Crippen molar-refractivity contribution in [3.8, 4) is 0 Å². The van der Waals surface area contributed by atoms with Gasteiger partial charge in [0.2, 0.25) is 11.8 Å². The number of hydrogen-bond donors (Lipinski definition) is 2. The molecule has 0 bridgehead atoms. The lowest BCUT2D eigenvalue weighted by Gasteiger charge is -2.31. The van der Waals surface area contributed by atoms with Gasteiger partial charge in [-0.2, -0.15) is 0 Å². The summed E-state index contributed by atoms with van der Waals surface area (Å²) in [5.74, 6) is 0.424. The highest BCUT2D eigenvalue weighted by atomic mass is 32.1. The van der Waals surface area contributed by atoms with Gasteiger partial charge in [-0.1, -0.05) is 24.3 Å². The molecule has 2 atom stereocenters. The first kappa shape index (κ1) is 19.1. The van der Waals surface area contributed by atoms with E-state index in [1.165, 1.54) is 4.70 Å². The molecule has 1 fully saturated rings. The summed E-state index contributed by atoms with van der Waals surface area (Å²) in [6.45, 7) is 0. The van der Waals surface area contributed by atoms with E-state index in [1.54, 1.807) is 18.4 Å². The van der Waals surface area contributed by atoms with Crippen LogP contribution in [0.5, 0.6) is 0 Å². The summed E-state index contributed by atoms with van der Waals surface area (Å²) in [4.78, 5) is 29.7. The van der Waals surface area contributed by atoms with Crippen molar-refractivity contribution < 1.29 is 9.59 Å². The number of fused-ring (bicyclic) bond motifs is 1. The van der Waals surface area contributed by atoms with Crippen molar-refractivity contribution in [3.05, 3.63) is 41.4 Å². The molecule has 6 heteroatoms. The van der Waals surface area contributed by atoms with E-state index < -0.39 is 0 Å². The molecule has 5 nitrogen and oxygen atoms in total. The number of nitrogens with one attached hydrogen (secondary N) is 2. The molecule has 0 aliphatic heterocycles. The first-order valence-corrected chi connectivity index (χ1v) is 11.0. The zero-order chi connectivity index (χ0) is 19.5. The molecule has 0 radical (unpaired) electrons. The SMILES string of the molecule is CNC(=O)C1CCC(NC(=O)C2CC=CCC2c2nc3ccccc3s2)CC1. The summed E-state index contributed by atoms with van der Waals surface area (Å²) in [7, 11) is 1.69. The quantitative estimate of drug-likeness (QED) is 0.772. The third-order valence-electron chi connectivity index (χ3n) is 6.09. The fourth-order valence-corrected chi connectivity index (χ4v) is 5.58. The number of thiazole rings is 1. The molecule has 0 spiro atoms. The highest BCUT2D eigenvalue weighted by Crippen LogP contribution is 2.39. The van der Waals surface area contributed by atoms with E-state index in [4.69, 9.17) is 4.98 Å². The minimum absolute atomic E-state index is 0.0674. The molecule has 148 valence electrons. The van der Waals surface area contributed by atoms with Gasteiger partial charge in [0.05, 0.1) is 21.1 Å². The molecule has 2 aliphatic rings. The Morgan fingerprint density at radius 3 is 2.54 bits per heavy atom. The average molecular weight is 398 g/mol. The number of rotatable bonds is 4. The number of carbonyl (C=O) groups is 2. The lowest BCUT2D eigenvalue weighted by molar-refractivity contribution is -0.127. The van der Waals surface area contributed by atoms with Gasteiger partial charge in [0.25, 0.3) is 0 Å². The molecule has 2 amide bonds. The van der Waals surface area contributed by atoms with Crippen LogP contribution in [0, 0.1) is 11.8 Å². The van der Waals surface area contributed by atoms with Gasteiger partial charge in [0.1, 0.15) is 0 Å². The summed E-state index contributed by atoms with van der Waals surface area (Å²) in [5.41, 5.74) is 1.02. The van der Waals surface area contributed by atoms with Crippen LogP contribution in [0.3, 0.4) is 0 Å². The molecule has 2 unspecified atom stereocenters. The van der Waals surface area contributed by atoms with Gasteiger partial charge in [0.15, 0.2) is 0 Å². The molecule has 2 aliphatic carbocycles. The Balaban J connectivity index is 1.42. The van der Waals surface area contributed by atoms with E-state index in [0.29, 0.717) is 0 Å². The van der Waals surface area contributed by atoms with E-state index in [1.807, 2.05) is 18.2 Å². The zero-order valence-electron chi connectivity index (χ0n) is 16.2. The predicted molar refractivity (Wildman–Crippen MR) is 112 cm³/mol. The van der Waals surface area contributed by atoms with Crippen molar-refractivity contribution in [1.29, 1.82) is 0 Å². The number of allylic oxidation sites excluding steroid dienone is 2. The molecular formula is C22H27N3O2S. The minimum Gasteiger partial charge on any atom is -0.359 e. The number of para-hydroxylation sites is 1. The smallest absolute Gasteiger partial charge is 0.224 e. The topological polar surface area (TPSA) is 71.1 Å². The van der Waals surface area contributed by atoms with Gasteiger partial charge in [-0.15, -0.1) is 11.3 Å². The lowest BCUT2D eigenvalue weighted by atomic mass is 9.81. The highest BCUT2D eigenvalue weighted by Gasteiger charge is 2.34. The van der Waals surface area contributed by atoms with Gasteiger partial charge in [-0.3, -0.25) is 9.59 Å². The Morgan fingerprint density at radius 1 is 1.04 bits per heavy atom. The first-order chi connectivity index (χ1) is 13.7. The Labute approximate surface area is 169 Å². The molecule has 1 aromatic heterocycles. The van der Waals surface area contributed by atoms with Crippen molar-refractivity contribution in [2.24, 2.45) is 11.8 Å². The predicted octanol–water partition coefficient (Wildman–Crippen LogP) is 3.77. The van der Waals surface area contributed by atoms with Crippen LogP contribution in [0.2, 0.25) is 0 Å². The van der Waals surface area contributed by atoms with Gasteiger partial charge < -0.3 is 10.6 Å². The second kappa shape index (κ2) is 8.43. The third kappa shape index (κ3) is 3.97. The third-order valence-corrected chi connectivity index (χ3v) is 7.26. The summed E-state index contributed by atoms with van der Waals surface area (Å²) in [6, 6.07) is 8.34. The van der Waals surface area contributed by atoms with Crippen LogP contribution in [-0.2, 0) is 9.59 Å². The zero-order valence-corrected chi connectivity index (χ0v) is 17.0. The van der Waals surface area contributed by atoms with Gasteiger partial charge in [-0.25, -0.2) is 4.98 Å². The van der Waals surface area contributed by atoms with E-state index in [-0.39, 0.29) is 35.6 Å². The molecule has 1 saturated carbocycles. The Hall–Kier alpha value is -2.21. The summed E-state index contributed by atoms with van der Waals surface area (Å²) < 4.78 is 1.18. The molecule has 1 aromatic carbocycles. The Bertz CT molecular complexity index is 850. The molecular weight excluding hydrogens is 370 g/mol. The Kier molecular flexibility index (Phi) is 5.76. The number of carbonyl (C=O) groups excluding carboxylic acids is 2. The van der Waals surface area contributed by atoms with Crippen molar-refractivity contribution in [2.75, 3.05) is 7.05 Å². The average Bonchev–Trinajstić information content (AvgIpc) is 3.18. The van der Waals surface area contributed by atoms with Crippen molar-refractivity contribution in [2.45, 2.75) is 50.5 Å². The standard InChI is InChI=1S/C22H27N3O2S/c1-23-20(26)14-10-12-15(13-11-14)24-21(27)16-6-2-3-7-17(16)22-25-18-8-4-5-9-19(18)28-22/h2-5,8-9,14-17H,6-7,10-13H2,1H3,(H,23,26)(H,24,27). The molecule has 2 aromatic rings. The van der Waals surface area contributed by atoms with Gasteiger partial charge in [-0.05, 0) is 50.7 Å². The summed E-state index contributed by atoms with van der Waals surface area (Å²) in [6.07, 6.45) is 9.36. The fraction of sp³-hybridized carbons (Fsp3) is 0.500. The Morgan fingerprint density at radius 2 is 1.79 bits per heavy atom. The van der Waals surface area contributed by atoms with Crippen LogP contribution >= 0.6 is 11.3 Å². The number of benzene rings is 1. The maximum absolute atomic E-state index is 13.1. The summed E-state index contributed by atoms with van der Waals surface area (Å²) in [5, 5.41) is 7.07. The van der Waals surface area contributed by atoms with Crippen molar-refractivity contribution in [3.63, 3.8) is 0 Å². The minimum atomic E-state index is -0.0674. The molecule has 4 rings (SSSR count). The molecule has 0 saturated heterocycles. The first-order valence-electron chi connectivity index (χ1n) is 10.2. The van der Waals surface area contributed by atoms with Crippen molar-refractivity contribution >= 4 is 33.4 Å². The van der Waals surface area contributed by atoms with Crippen molar-refractivity contribution in [1.82, 2.24) is 15.6 Å². The van der Waals surface area contributed by atoms with Crippen LogP contribution in [0.4, 0.5) is 0 Å². The maximum Gasteiger partial charge on any atom is 0.224 e. The number of aromatic nitrogens is 1. The number of hydrogen-bond acceptors (Lipinski definition) is 4. The van der Waals surface area contributed by atoms with E-state index in [0.717, 1.165) is 49.0 Å². The second-order valence-electron chi connectivity index (χ2n) is 7.85. The molecule has 28 heavy (non-hydrogen) atoms. The van der Waals surface area contributed by atoms with E-state index in [2.05, 4.69) is 28.9 Å². The number of nitrogens with zero attached hydrogens (tertiary/aromatic N) is 1. The molecule has 2 N–H and O–H groups in total. The highest BCUT2D eigenvalue weighted by molar-refractivity contribution is 7.18. The van der Waals surface area contributed by atoms with Crippen LogP contribution in [0.1, 0.15) is 49.5 Å². The summed E-state index contributed by atoms with van der Waals surface area (Å²) >= 11 is 1.71. The monoisotopic (exact) mass is 397 g/mol. The lowest BCUT2D eigenvalue weighted by Crippen LogP contribution is -2.44. The largest absolute Gasteiger partial charge is 0.359 e. The van der Waals surface area contributed by atoms with E-state index in [9.17, 15) is 9.59 Å². The van der Waals surface area contributed by atoms with Crippen LogP contribution in [0.15, 0.2) is 36.4 Å². The second-order valence-corrected chi connectivity index (χ2v) is 8.91. The molecule has 1 heterocycles. The fourth-order valence-electron chi connectivity index (χ4n) is 4.44. The van der Waals surface area contributed by atoms with E-state index >= 15 is 0 Å².